The average Bonchev–Trinajstić information content (AvgIpc) is 2.32. The van der Waals surface area contributed by atoms with E-state index in [-0.39, 0.29) is 0 Å². The first-order chi connectivity index (χ1) is 5.57. The predicted octanol–water partition coefficient (Wildman–Crippen LogP) is -2.80. The van der Waals surface area contributed by atoms with Crippen LogP contribution in [-0.2, 0) is 14.3 Å². The minimum atomic E-state index is -1.82. The summed E-state index contributed by atoms with van der Waals surface area (Å²) in [4.78, 5) is 21.4. The molecule has 0 bridgehead atoms. The summed E-state index contributed by atoms with van der Waals surface area (Å²) in [5, 5.41) is 26.1. The summed E-state index contributed by atoms with van der Waals surface area (Å²) in [6.07, 6.45) is -4.72. The molecule has 1 saturated heterocycles. The molecule has 0 unspecified atom stereocenters. The molecule has 12 heavy (non-hydrogen) atoms. The molecule has 0 aromatic heterocycles. The zero-order chi connectivity index (χ0) is 9.30. The fourth-order valence-corrected chi connectivity index (χ4v) is 0.883. The summed E-state index contributed by atoms with van der Waals surface area (Å²) in [6, 6.07) is 0. The Morgan fingerprint density at radius 1 is 1.50 bits per heavy atom. The standard InChI is InChI=1S/C6H8O6/c7-1-2(8)5-3(9)4(10)6(11)12-5/h2,4-5,7-8,10H,1H2/t2-,4+,5-/m0/s1. The summed E-state index contributed by atoms with van der Waals surface area (Å²) in [5.74, 6) is -2.00. The average molecular weight is 176 g/mol. The number of ether oxygens (including phenoxy) is 1. The maximum atomic E-state index is 10.8. The van der Waals surface area contributed by atoms with E-state index in [2.05, 4.69) is 4.74 Å². The quantitative estimate of drug-likeness (QED) is 0.310. The molecule has 1 aliphatic rings. The fraction of sp³-hybridized carbons (Fsp3) is 0.667. The van der Waals surface area contributed by atoms with Gasteiger partial charge < -0.3 is 20.1 Å². The number of esters is 1. The SMILES string of the molecule is O=C1O[C@@H]([C@@H](O)CO)C(=O)[C@H]1O. The maximum absolute atomic E-state index is 10.8. The predicted molar refractivity (Wildman–Crippen MR) is 34.0 cm³/mol. The highest BCUT2D eigenvalue weighted by Gasteiger charge is 2.45. The van der Waals surface area contributed by atoms with Gasteiger partial charge in [0.1, 0.15) is 6.10 Å². The number of carbonyl (C=O) groups excluding carboxylic acids is 2. The number of aliphatic hydroxyl groups is 3. The van der Waals surface area contributed by atoms with Gasteiger partial charge in [0, 0.05) is 0 Å². The minimum Gasteiger partial charge on any atom is -0.449 e. The summed E-state index contributed by atoms with van der Waals surface area (Å²) >= 11 is 0. The van der Waals surface area contributed by atoms with Crippen LogP contribution < -0.4 is 0 Å². The summed E-state index contributed by atoms with van der Waals surface area (Å²) in [7, 11) is 0. The summed E-state index contributed by atoms with van der Waals surface area (Å²) < 4.78 is 4.29. The van der Waals surface area contributed by atoms with Crippen molar-refractivity contribution in [3.05, 3.63) is 0 Å². The number of aliphatic hydroxyl groups excluding tert-OH is 3. The molecule has 68 valence electrons. The zero-order valence-corrected chi connectivity index (χ0v) is 6.01. The molecule has 0 radical (unpaired) electrons. The molecule has 0 aromatic rings. The lowest BCUT2D eigenvalue weighted by molar-refractivity contribution is -0.151. The van der Waals surface area contributed by atoms with Crippen molar-refractivity contribution >= 4 is 11.8 Å². The van der Waals surface area contributed by atoms with E-state index < -0.39 is 36.7 Å². The van der Waals surface area contributed by atoms with Gasteiger partial charge in [-0.1, -0.05) is 0 Å². The van der Waals surface area contributed by atoms with Crippen molar-refractivity contribution in [2.45, 2.75) is 18.3 Å². The van der Waals surface area contributed by atoms with Gasteiger partial charge in [-0.25, -0.2) is 4.79 Å². The lowest BCUT2D eigenvalue weighted by Gasteiger charge is -2.11. The topological polar surface area (TPSA) is 104 Å². The van der Waals surface area contributed by atoms with Crippen LogP contribution in [0.4, 0.5) is 0 Å². The van der Waals surface area contributed by atoms with Gasteiger partial charge in [0.05, 0.1) is 6.61 Å². The molecule has 6 nitrogen and oxygen atoms in total. The first-order valence-electron chi connectivity index (χ1n) is 3.29. The van der Waals surface area contributed by atoms with Crippen molar-refractivity contribution in [1.29, 1.82) is 0 Å². The Bertz CT molecular complexity index is 212. The first-order valence-corrected chi connectivity index (χ1v) is 3.29. The van der Waals surface area contributed by atoms with Crippen LogP contribution in [0.15, 0.2) is 0 Å². The first kappa shape index (κ1) is 9.11. The Balaban J connectivity index is 2.71. The molecule has 1 heterocycles. The molecule has 0 saturated carbocycles. The van der Waals surface area contributed by atoms with Gasteiger partial charge in [-0.2, -0.15) is 0 Å². The van der Waals surface area contributed by atoms with E-state index >= 15 is 0 Å². The van der Waals surface area contributed by atoms with Crippen molar-refractivity contribution in [1.82, 2.24) is 0 Å². The van der Waals surface area contributed by atoms with E-state index in [0.29, 0.717) is 0 Å². The summed E-state index contributed by atoms with van der Waals surface area (Å²) in [5.41, 5.74) is 0. The molecule has 0 aromatic carbocycles. The Morgan fingerprint density at radius 3 is 2.42 bits per heavy atom. The van der Waals surface area contributed by atoms with E-state index in [0.717, 1.165) is 0 Å². The van der Waals surface area contributed by atoms with Crippen molar-refractivity contribution in [2.24, 2.45) is 0 Å². The van der Waals surface area contributed by atoms with E-state index in [4.69, 9.17) is 15.3 Å². The van der Waals surface area contributed by atoms with Crippen LogP contribution in [0.1, 0.15) is 0 Å². The van der Waals surface area contributed by atoms with Crippen molar-refractivity contribution in [2.75, 3.05) is 6.61 Å². The zero-order valence-electron chi connectivity index (χ0n) is 6.01. The fourth-order valence-electron chi connectivity index (χ4n) is 0.883. The number of Topliss-reactive ketones (excluding diaryl/α,β-unsaturated/α-hetero) is 1. The van der Waals surface area contributed by atoms with Gasteiger partial charge in [-0.3, -0.25) is 4.79 Å². The van der Waals surface area contributed by atoms with Crippen LogP contribution in [0, 0.1) is 0 Å². The van der Waals surface area contributed by atoms with E-state index in [1.54, 1.807) is 0 Å². The Labute approximate surface area is 67.4 Å². The highest BCUT2D eigenvalue weighted by Crippen LogP contribution is 2.13. The van der Waals surface area contributed by atoms with Crippen LogP contribution in [0.3, 0.4) is 0 Å². The van der Waals surface area contributed by atoms with Gasteiger partial charge in [0.25, 0.3) is 0 Å². The van der Waals surface area contributed by atoms with Crippen LogP contribution in [-0.4, -0.2) is 52.0 Å². The van der Waals surface area contributed by atoms with Crippen molar-refractivity contribution < 1.29 is 29.6 Å². The third-order valence-corrected chi connectivity index (χ3v) is 1.55. The molecule has 1 aliphatic heterocycles. The van der Waals surface area contributed by atoms with Crippen LogP contribution in [0.5, 0.6) is 0 Å². The smallest absolute Gasteiger partial charge is 0.343 e. The normalized spacial score (nSPS) is 31.9. The van der Waals surface area contributed by atoms with Crippen LogP contribution in [0.2, 0.25) is 0 Å². The monoisotopic (exact) mass is 176 g/mol. The molecule has 0 aliphatic carbocycles. The Morgan fingerprint density at radius 2 is 2.08 bits per heavy atom. The lowest BCUT2D eigenvalue weighted by atomic mass is 10.1. The third-order valence-electron chi connectivity index (χ3n) is 1.55. The second-order valence-corrected chi connectivity index (χ2v) is 2.41. The van der Waals surface area contributed by atoms with Crippen LogP contribution >= 0.6 is 0 Å². The number of cyclic esters (lactones) is 1. The highest BCUT2D eigenvalue weighted by molar-refractivity contribution is 6.09. The summed E-state index contributed by atoms with van der Waals surface area (Å²) in [6.45, 7) is -0.698. The molecular formula is C6H8O6. The molecule has 1 rings (SSSR count). The molecule has 1 fully saturated rings. The number of hydrogen-bond acceptors (Lipinski definition) is 6. The molecule has 0 spiro atoms. The van der Waals surface area contributed by atoms with Gasteiger partial charge in [-0.15, -0.1) is 0 Å². The second-order valence-electron chi connectivity index (χ2n) is 2.41. The number of hydrogen-bond donors (Lipinski definition) is 3. The molecule has 0 amide bonds. The van der Waals surface area contributed by atoms with Crippen molar-refractivity contribution in [3.63, 3.8) is 0 Å². The van der Waals surface area contributed by atoms with E-state index in [1.165, 1.54) is 0 Å². The van der Waals surface area contributed by atoms with E-state index in [9.17, 15) is 9.59 Å². The Hall–Kier alpha value is -0.980. The number of rotatable bonds is 2. The lowest BCUT2D eigenvalue weighted by Crippen LogP contribution is -2.36. The third kappa shape index (κ3) is 1.31. The molecular weight excluding hydrogens is 168 g/mol. The Kier molecular flexibility index (Phi) is 2.41. The van der Waals surface area contributed by atoms with E-state index in [1.807, 2.05) is 0 Å². The van der Waals surface area contributed by atoms with Gasteiger partial charge in [0.15, 0.2) is 6.10 Å². The van der Waals surface area contributed by atoms with Crippen molar-refractivity contribution in [3.8, 4) is 0 Å². The van der Waals surface area contributed by atoms with Gasteiger partial charge >= 0.3 is 5.97 Å². The molecule has 3 atom stereocenters. The number of ketones is 1. The number of carbonyl (C=O) groups is 2. The minimum absolute atomic E-state index is 0.698. The van der Waals surface area contributed by atoms with Gasteiger partial charge in [-0.05, 0) is 0 Å². The second kappa shape index (κ2) is 3.18. The maximum Gasteiger partial charge on any atom is 0.343 e. The van der Waals surface area contributed by atoms with Crippen LogP contribution in [0.25, 0.3) is 0 Å². The largest absolute Gasteiger partial charge is 0.449 e. The molecule has 6 heteroatoms. The highest BCUT2D eigenvalue weighted by atomic mass is 16.6. The van der Waals surface area contributed by atoms with Gasteiger partial charge in [0.2, 0.25) is 11.9 Å². The molecule has 3 N–H and O–H groups in total.